The highest BCUT2D eigenvalue weighted by Gasteiger charge is 2.60. The van der Waals surface area contributed by atoms with Crippen molar-refractivity contribution in [3.63, 3.8) is 0 Å². The number of hydrogen-bond donors (Lipinski definition) is 1. The Hall–Kier alpha value is -2.00. The first kappa shape index (κ1) is 23.7. The van der Waals surface area contributed by atoms with E-state index in [1.54, 1.807) is 6.07 Å². The lowest BCUT2D eigenvalue weighted by Gasteiger charge is -2.37. The van der Waals surface area contributed by atoms with Crippen LogP contribution in [0.25, 0.3) is 0 Å². The minimum atomic E-state index is -1.57. The highest BCUT2D eigenvalue weighted by atomic mass is 35.5. The fraction of sp³-hybridized carbons (Fsp3) is 0.417. The van der Waals surface area contributed by atoms with E-state index < -0.39 is 35.1 Å². The number of ketones is 1. The maximum Gasteiger partial charge on any atom is 0.147 e. The summed E-state index contributed by atoms with van der Waals surface area (Å²) in [6.45, 7) is 7.36. The summed E-state index contributed by atoms with van der Waals surface area (Å²) in [5.41, 5.74) is -1.64. The molecule has 0 amide bonds. The van der Waals surface area contributed by atoms with Gasteiger partial charge in [0, 0.05) is 22.5 Å². The van der Waals surface area contributed by atoms with Crippen molar-refractivity contribution >= 4 is 29.0 Å². The van der Waals surface area contributed by atoms with Crippen molar-refractivity contribution in [3.8, 4) is 6.07 Å². The Balaban J connectivity index is 2.38. The van der Waals surface area contributed by atoms with Gasteiger partial charge in [0.15, 0.2) is 0 Å². The van der Waals surface area contributed by atoms with E-state index in [4.69, 9.17) is 23.2 Å². The zero-order chi connectivity index (χ0) is 23.1. The summed E-state index contributed by atoms with van der Waals surface area (Å²) in [6, 6.07) is 9.34. The molecule has 0 spiro atoms. The quantitative estimate of drug-likeness (QED) is 0.587. The van der Waals surface area contributed by atoms with Gasteiger partial charge in [-0.1, -0.05) is 62.2 Å². The molecule has 0 aromatic heterocycles. The van der Waals surface area contributed by atoms with E-state index in [1.165, 1.54) is 31.2 Å². The fourth-order valence-corrected chi connectivity index (χ4v) is 5.02. The maximum atomic E-state index is 15.3. The van der Waals surface area contributed by atoms with Gasteiger partial charge < -0.3 is 5.32 Å². The monoisotopic (exact) mass is 464 g/mol. The summed E-state index contributed by atoms with van der Waals surface area (Å²) in [7, 11) is 0. The molecule has 1 saturated heterocycles. The third-order valence-corrected chi connectivity index (χ3v) is 6.41. The van der Waals surface area contributed by atoms with Crippen molar-refractivity contribution < 1.29 is 13.6 Å². The summed E-state index contributed by atoms with van der Waals surface area (Å²) in [5, 5.41) is 13.9. The summed E-state index contributed by atoms with van der Waals surface area (Å²) < 4.78 is 30.5. The molecular weight excluding hydrogens is 441 g/mol. The Morgan fingerprint density at radius 2 is 1.90 bits per heavy atom. The van der Waals surface area contributed by atoms with Crippen LogP contribution in [0.5, 0.6) is 0 Å². The molecule has 1 heterocycles. The minimum Gasteiger partial charge on any atom is -0.302 e. The van der Waals surface area contributed by atoms with Gasteiger partial charge in [0.1, 0.15) is 22.8 Å². The number of Topliss-reactive ketones (excluding diaryl/α,β-unsaturated/α-hetero) is 1. The van der Waals surface area contributed by atoms with E-state index in [0.717, 1.165) is 6.07 Å². The second-order valence-electron chi connectivity index (χ2n) is 9.30. The van der Waals surface area contributed by atoms with Gasteiger partial charge in [0.25, 0.3) is 0 Å². The molecule has 2 aromatic rings. The van der Waals surface area contributed by atoms with E-state index in [-0.39, 0.29) is 32.4 Å². The second kappa shape index (κ2) is 8.50. The lowest BCUT2D eigenvalue weighted by Crippen LogP contribution is -2.44. The number of nitriles is 1. The van der Waals surface area contributed by atoms with Gasteiger partial charge in [-0.05, 0) is 42.5 Å². The number of hydrogen-bond acceptors (Lipinski definition) is 3. The van der Waals surface area contributed by atoms with Crippen LogP contribution < -0.4 is 5.32 Å². The largest absolute Gasteiger partial charge is 0.302 e. The van der Waals surface area contributed by atoms with Gasteiger partial charge in [-0.3, -0.25) is 4.79 Å². The molecule has 0 saturated carbocycles. The molecule has 1 aliphatic rings. The van der Waals surface area contributed by atoms with Crippen LogP contribution in [0.4, 0.5) is 8.78 Å². The lowest BCUT2D eigenvalue weighted by molar-refractivity contribution is -0.119. The fourth-order valence-electron chi connectivity index (χ4n) is 4.68. The molecule has 2 aromatic carbocycles. The van der Waals surface area contributed by atoms with Crippen LogP contribution in [0.3, 0.4) is 0 Å². The van der Waals surface area contributed by atoms with Crippen LogP contribution >= 0.6 is 23.2 Å². The van der Waals surface area contributed by atoms with Crippen LogP contribution in [0.1, 0.15) is 51.2 Å². The highest BCUT2D eigenvalue weighted by Crippen LogP contribution is 2.52. The zero-order valence-electron chi connectivity index (χ0n) is 17.8. The summed E-state index contributed by atoms with van der Waals surface area (Å²) >= 11 is 12.0. The van der Waals surface area contributed by atoms with Crippen LogP contribution in [0.2, 0.25) is 10.0 Å². The number of rotatable bonds is 4. The number of halogens is 4. The molecule has 1 fully saturated rings. The number of carbonyl (C=O) groups excluding carboxylic acids is 1. The van der Waals surface area contributed by atoms with E-state index in [1.807, 2.05) is 20.8 Å². The van der Waals surface area contributed by atoms with E-state index in [9.17, 15) is 10.1 Å². The first-order valence-electron chi connectivity index (χ1n) is 9.99. The number of nitrogens with one attached hydrogen (secondary N) is 1. The van der Waals surface area contributed by atoms with E-state index in [2.05, 4.69) is 11.4 Å². The van der Waals surface area contributed by atoms with Crippen LogP contribution in [-0.2, 0) is 10.2 Å². The van der Waals surface area contributed by atoms with Crippen LogP contribution in [-0.4, -0.2) is 17.9 Å². The van der Waals surface area contributed by atoms with Crippen LogP contribution in [0, 0.1) is 28.4 Å². The van der Waals surface area contributed by atoms with Crippen LogP contribution in [0.15, 0.2) is 36.4 Å². The predicted molar refractivity (Wildman–Crippen MR) is 118 cm³/mol. The third kappa shape index (κ3) is 4.22. The minimum absolute atomic E-state index is 0.0780. The summed E-state index contributed by atoms with van der Waals surface area (Å²) in [6.07, 6.45) is 0.449. The van der Waals surface area contributed by atoms with Gasteiger partial charge in [-0.15, -0.1) is 0 Å². The van der Waals surface area contributed by atoms with E-state index in [0.29, 0.717) is 6.42 Å². The van der Waals surface area contributed by atoms with Crippen molar-refractivity contribution in [3.05, 3.63) is 69.2 Å². The first-order chi connectivity index (χ1) is 14.4. The van der Waals surface area contributed by atoms with Gasteiger partial charge in [0.2, 0.25) is 0 Å². The second-order valence-corrected chi connectivity index (χ2v) is 10.1. The molecule has 1 N–H and O–H groups in total. The summed E-state index contributed by atoms with van der Waals surface area (Å²) in [4.78, 5) is 12.7. The normalized spacial score (nSPS) is 26.0. The molecule has 31 heavy (non-hydrogen) atoms. The zero-order valence-corrected chi connectivity index (χ0v) is 19.3. The van der Waals surface area contributed by atoms with Crippen molar-refractivity contribution in [1.82, 2.24) is 5.32 Å². The maximum absolute atomic E-state index is 15.3. The Morgan fingerprint density at radius 3 is 2.45 bits per heavy atom. The number of carbonyl (C=O) groups is 1. The average molecular weight is 465 g/mol. The molecule has 4 atom stereocenters. The Labute approximate surface area is 191 Å². The average Bonchev–Trinajstić information content (AvgIpc) is 2.97. The van der Waals surface area contributed by atoms with Gasteiger partial charge >= 0.3 is 0 Å². The molecule has 164 valence electrons. The van der Waals surface area contributed by atoms with Crippen molar-refractivity contribution in [2.24, 2.45) is 5.41 Å². The van der Waals surface area contributed by atoms with Gasteiger partial charge in [-0.2, -0.15) is 5.26 Å². The van der Waals surface area contributed by atoms with E-state index >= 15 is 8.78 Å². The predicted octanol–water partition coefficient (Wildman–Crippen LogP) is 6.18. The Morgan fingerprint density at radius 1 is 1.23 bits per heavy atom. The topological polar surface area (TPSA) is 52.9 Å². The molecule has 2 unspecified atom stereocenters. The molecule has 1 aliphatic heterocycles. The molecule has 3 nitrogen and oxygen atoms in total. The highest BCUT2D eigenvalue weighted by molar-refractivity contribution is 6.31. The molecule has 0 aliphatic carbocycles. The molecule has 0 radical (unpaired) electrons. The van der Waals surface area contributed by atoms with Crippen molar-refractivity contribution in [1.29, 1.82) is 5.26 Å². The Bertz CT molecular complexity index is 1060. The molecule has 3 rings (SSSR count). The number of benzene rings is 2. The van der Waals surface area contributed by atoms with Crippen molar-refractivity contribution in [2.75, 3.05) is 0 Å². The Kier molecular flexibility index (Phi) is 6.49. The number of nitrogens with zero attached hydrogens (tertiary/aromatic N) is 1. The summed E-state index contributed by atoms with van der Waals surface area (Å²) in [5.74, 6) is -2.65. The SMILES string of the molecule is CC(=O)[C@@H]1NC(CC(C)(C)C)[C@](C#N)(c2ccc(Cl)cc2F)C1c1cccc(Cl)c1F. The molecular formula is C24H24Cl2F2N2O. The first-order valence-corrected chi connectivity index (χ1v) is 10.7. The lowest BCUT2D eigenvalue weighted by atomic mass is 9.62. The van der Waals surface area contributed by atoms with Gasteiger partial charge in [-0.25, -0.2) is 8.78 Å². The smallest absolute Gasteiger partial charge is 0.147 e. The van der Waals surface area contributed by atoms with Gasteiger partial charge in [0.05, 0.1) is 17.1 Å². The molecule has 7 heteroatoms. The standard InChI is InChI=1S/C24H24Cl2F2N2O/c1-13(31)22-20(15-6-5-7-17(26)21(15)28)24(12-29,19(30-22)11-23(2,3)4)16-9-8-14(25)10-18(16)27/h5-10,19-20,22,30H,11H2,1-4H3/t19?,20?,22-,24-/m0/s1. The third-order valence-electron chi connectivity index (χ3n) is 5.89. The van der Waals surface area contributed by atoms with Crippen molar-refractivity contribution in [2.45, 2.75) is 57.5 Å². The molecule has 0 bridgehead atoms.